The Morgan fingerprint density at radius 3 is 2.85 bits per heavy atom. The van der Waals surface area contributed by atoms with E-state index in [9.17, 15) is 13.9 Å². The molecule has 8 heteroatoms. The zero-order valence-corrected chi connectivity index (χ0v) is 14.2. The van der Waals surface area contributed by atoms with Gasteiger partial charge in [0.15, 0.2) is 17.1 Å². The summed E-state index contributed by atoms with van der Waals surface area (Å²) in [5.41, 5.74) is 1.06. The summed E-state index contributed by atoms with van der Waals surface area (Å²) in [5.74, 6) is 0.205. The van der Waals surface area contributed by atoms with Crippen LogP contribution in [0.3, 0.4) is 0 Å². The van der Waals surface area contributed by atoms with Crippen molar-refractivity contribution in [3.8, 4) is 11.5 Å². The monoisotopic (exact) mass is 369 g/mol. The van der Waals surface area contributed by atoms with E-state index in [1.807, 2.05) is 0 Å². The summed E-state index contributed by atoms with van der Waals surface area (Å²) >= 11 is 0. The van der Waals surface area contributed by atoms with Gasteiger partial charge >= 0.3 is 6.61 Å². The topological polar surface area (TPSA) is 69.5 Å². The number of hydrogen-bond donors (Lipinski definition) is 1. The molecule has 0 bridgehead atoms. The van der Waals surface area contributed by atoms with E-state index in [4.69, 9.17) is 14.3 Å². The molecule has 1 N–H and O–H groups in total. The minimum absolute atomic E-state index is 0.0245. The standard InChI is InChI=1S/C18H21F2NO5/c19-17(20)25-15-4-1-11(7-16(15)24-13-3-2-12(22)8-13)14-9-18(26-21-14)5-6-23-10-18/h1,4,7,12-13,17,22H,2-3,5-6,8-10H2. The third kappa shape index (κ3) is 3.61. The van der Waals surface area contributed by atoms with Crippen molar-refractivity contribution in [2.24, 2.45) is 5.16 Å². The van der Waals surface area contributed by atoms with E-state index in [0.29, 0.717) is 38.9 Å². The Hall–Kier alpha value is -1.93. The van der Waals surface area contributed by atoms with Gasteiger partial charge in [-0.15, -0.1) is 0 Å². The van der Waals surface area contributed by atoms with E-state index < -0.39 is 18.3 Å². The third-order valence-electron chi connectivity index (χ3n) is 5.05. The van der Waals surface area contributed by atoms with Crippen molar-refractivity contribution in [1.82, 2.24) is 0 Å². The van der Waals surface area contributed by atoms with Gasteiger partial charge in [-0.1, -0.05) is 5.16 Å². The number of halogens is 2. The molecule has 0 amide bonds. The van der Waals surface area contributed by atoms with Crippen LogP contribution in [0.2, 0.25) is 0 Å². The molecule has 142 valence electrons. The van der Waals surface area contributed by atoms with Crippen LogP contribution < -0.4 is 9.47 Å². The van der Waals surface area contributed by atoms with Gasteiger partial charge in [-0.2, -0.15) is 8.78 Å². The number of aliphatic hydroxyl groups is 1. The van der Waals surface area contributed by atoms with E-state index in [2.05, 4.69) is 9.89 Å². The first-order chi connectivity index (χ1) is 12.5. The largest absolute Gasteiger partial charge is 0.486 e. The third-order valence-corrected chi connectivity index (χ3v) is 5.05. The summed E-state index contributed by atoms with van der Waals surface area (Å²) in [7, 11) is 0. The van der Waals surface area contributed by atoms with E-state index >= 15 is 0 Å². The molecule has 3 unspecified atom stereocenters. The van der Waals surface area contributed by atoms with Gasteiger partial charge in [-0.3, -0.25) is 0 Å². The summed E-state index contributed by atoms with van der Waals surface area (Å²) in [6, 6.07) is 4.78. The van der Waals surface area contributed by atoms with Gasteiger partial charge in [0.05, 0.1) is 25.0 Å². The average molecular weight is 369 g/mol. The van der Waals surface area contributed by atoms with Gasteiger partial charge in [-0.25, -0.2) is 0 Å². The van der Waals surface area contributed by atoms with Gasteiger partial charge in [0.1, 0.15) is 6.10 Å². The van der Waals surface area contributed by atoms with Gasteiger partial charge in [0, 0.05) is 24.8 Å². The highest BCUT2D eigenvalue weighted by atomic mass is 19.3. The Balaban J connectivity index is 1.55. The maximum Gasteiger partial charge on any atom is 0.387 e. The van der Waals surface area contributed by atoms with Crippen molar-refractivity contribution in [2.75, 3.05) is 13.2 Å². The lowest BCUT2D eigenvalue weighted by Gasteiger charge is -2.18. The summed E-state index contributed by atoms with van der Waals surface area (Å²) in [6.45, 7) is -1.80. The second-order valence-electron chi connectivity index (χ2n) is 7.04. The Kier molecular flexibility index (Phi) is 4.71. The van der Waals surface area contributed by atoms with Crippen LogP contribution in [0.4, 0.5) is 8.78 Å². The second-order valence-corrected chi connectivity index (χ2v) is 7.04. The first-order valence-corrected chi connectivity index (χ1v) is 8.80. The molecule has 0 radical (unpaired) electrons. The van der Waals surface area contributed by atoms with Crippen LogP contribution >= 0.6 is 0 Å². The number of benzene rings is 1. The smallest absolute Gasteiger partial charge is 0.387 e. The van der Waals surface area contributed by atoms with Crippen molar-refractivity contribution >= 4 is 5.71 Å². The van der Waals surface area contributed by atoms with Crippen LogP contribution in [0.1, 0.15) is 37.7 Å². The molecular formula is C18H21F2NO5. The second kappa shape index (κ2) is 7.00. The van der Waals surface area contributed by atoms with E-state index in [1.165, 1.54) is 6.07 Å². The van der Waals surface area contributed by atoms with Crippen LogP contribution in [0.5, 0.6) is 11.5 Å². The van der Waals surface area contributed by atoms with Crippen LogP contribution in [-0.4, -0.2) is 48.5 Å². The number of hydrogen-bond acceptors (Lipinski definition) is 6. The Morgan fingerprint density at radius 2 is 2.15 bits per heavy atom. The Morgan fingerprint density at radius 1 is 1.27 bits per heavy atom. The van der Waals surface area contributed by atoms with Crippen molar-refractivity contribution in [1.29, 1.82) is 0 Å². The molecule has 26 heavy (non-hydrogen) atoms. The molecular weight excluding hydrogens is 348 g/mol. The normalized spacial score (nSPS) is 30.7. The molecule has 1 aromatic rings. The molecule has 1 saturated heterocycles. The number of aliphatic hydroxyl groups excluding tert-OH is 1. The number of ether oxygens (including phenoxy) is 3. The van der Waals surface area contributed by atoms with Crippen LogP contribution in [-0.2, 0) is 9.57 Å². The van der Waals surface area contributed by atoms with Crippen LogP contribution in [0.15, 0.2) is 23.4 Å². The quantitative estimate of drug-likeness (QED) is 0.864. The first-order valence-electron chi connectivity index (χ1n) is 8.80. The van der Waals surface area contributed by atoms with Crippen molar-refractivity contribution in [3.05, 3.63) is 23.8 Å². The number of nitrogens with zero attached hydrogens (tertiary/aromatic N) is 1. The lowest BCUT2D eigenvalue weighted by atomic mass is 9.93. The van der Waals surface area contributed by atoms with E-state index in [0.717, 1.165) is 17.7 Å². The molecule has 3 aliphatic rings. The van der Waals surface area contributed by atoms with Gasteiger partial charge in [-0.05, 0) is 31.0 Å². The molecule has 1 saturated carbocycles. The Labute approximate surface area is 149 Å². The number of rotatable bonds is 5. The summed E-state index contributed by atoms with van der Waals surface area (Å²) in [6.07, 6.45) is 2.51. The molecule has 2 aliphatic heterocycles. The van der Waals surface area contributed by atoms with Crippen LogP contribution in [0.25, 0.3) is 0 Å². The average Bonchev–Trinajstić information content (AvgIpc) is 3.33. The fourth-order valence-electron chi connectivity index (χ4n) is 3.65. The predicted octanol–water partition coefficient (Wildman–Crippen LogP) is 2.86. The van der Waals surface area contributed by atoms with Gasteiger partial charge in [0.2, 0.25) is 0 Å². The van der Waals surface area contributed by atoms with Crippen molar-refractivity contribution in [2.45, 2.75) is 56.5 Å². The molecule has 6 nitrogen and oxygen atoms in total. The van der Waals surface area contributed by atoms with E-state index in [-0.39, 0.29) is 17.6 Å². The lowest BCUT2D eigenvalue weighted by molar-refractivity contribution is -0.0521. The molecule has 1 spiro atoms. The first kappa shape index (κ1) is 17.5. The zero-order valence-electron chi connectivity index (χ0n) is 14.2. The predicted molar refractivity (Wildman–Crippen MR) is 87.8 cm³/mol. The minimum atomic E-state index is -2.94. The fraction of sp³-hybridized carbons (Fsp3) is 0.611. The van der Waals surface area contributed by atoms with Gasteiger partial charge < -0.3 is 24.2 Å². The molecule has 4 rings (SSSR count). The molecule has 2 heterocycles. The van der Waals surface area contributed by atoms with E-state index in [1.54, 1.807) is 12.1 Å². The van der Waals surface area contributed by atoms with Crippen molar-refractivity contribution < 1.29 is 32.9 Å². The maximum absolute atomic E-state index is 12.7. The van der Waals surface area contributed by atoms with Crippen molar-refractivity contribution in [3.63, 3.8) is 0 Å². The number of oxime groups is 1. The highest BCUT2D eigenvalue weighted by molar-refractivity contribution is 6.02. The zero-order chi connectivity index (χ0) is 18.1. The molecule has 1 aliphatic carbocycles. The molecule has 1 aromatic carbocycles. The molecule has 2 fully saturated rings. The minimum Gasteiger partial charge on any atom is -0.486 e. The number of alkyl halides is 2. The maximum atomic E-state index is 12.7. The molecule has 3 atom stereocenters. The molecule has 0 aromatic heterocycles. The van der Waals surface area contributed by atoms with Crippen LogP contribution in [0, 0.1) is 0 Å². The SMILES string of the molecule is OC1CCC(Oc2cc(C3=NOC4(CCOC4)C3)ccc2OC(F)F)C1. The highest BCUT2D eigenvalue weighted by Crippen LogP contribution is 2.37. The summed E-state index contributed by atoms with van der Waals surface area (Å²) < 4.78 is 41.2. The van der Waals surface area contributed by atoms with Gasteiger partial charge in [0.25, 0.3) is 0 Å². The Bertz CT molecular complexity index is 690. The fourth-order valence-corrected chi connectivity index (χ4v) is 3.65. The lowest BCUT2D eigenvalue weighted by Crippen LogP contribution is -2.29. The summed E-state index contributed by atoms with van der Waals surface area (Å²) in [5, 5.41) is 13.8. The summed E-state index contributed by atoms with van der Waals surface area (Å²) in [4.78, 5) is 5.59. The highest BCUT2D eigenvalue weighted by Gasteiger charge is 2.43.